The third-order valence-corrected chi connectivity index (χ3v) is 3.76. The monoisotopic (exact) mass is 349 g/mol. The van der Waals surface area contributed by atoms with Crippen LogP contribution in [0.3, 0.4) is 0 Å². The summed E-state index contributed by atoms with van der Waals surface area (Å²) in [7, 11) is 0. The lowest BCUT2D eigenvalue weighted by atomic mass is 10.2. The molecule has 2 aromatic carbocycles. The number of benzene rings is 2. The van der Waals surface area contributed by atoms with E-state index in [2.05, 4.69) is 31.5 Å². The molecule has 0 amide bonds. The Hall–Kier alpha value is -1.92. The van der Waals surface area contributed by atoms with Gasteiger partial charge in [-0.15, -0.1) is 5.10 Å². The van der Waals surface area contributed by atoms with Crippen molar-refractivity contribution in [3.63, 3.8) is 0 Å². The van der Waals surface area contributed by atoms with Crippen LogP contribution in [-0.4, -0.2) is 20.2 Å². The second-order valence-corrected chi connectivity index (χ2v) is 5.39. The highest BCUT2D eigenvalue weighted by atomic mass is 79.9. The summed E-state index contributed by atoms with van der Waals surface area (Å²) in [5, 5.41) is 12.2. The minimum Gasteiger partial charge on any atom is -0.398 e. The van der Waals surface area contributed by atoms with Gasteiger partial charge in [0.2, 0.25) is 0 Å². The lowest BCUT2D eigenvalue weighted by molar-refractivity contribution is 0.791. The molecular weight excluding hydrogens is 342 g/mol. The molecule has 0 radical (unpaired) electrons. The van der Waals surface area contributed by atoms with Gasteiger partial charge in [-0.2, -0.15) is 4.68 Å². The summed E-state index contributed by atoms with van der Waals surface area (Å²) in [4.78, 5) is 0. The Labute approximate surface area is 128 Å². The fourth-order valence-corrected chi connectivity index (χ4v) is 2.31. The lowest BCUT2D eigenvalue weighted by Crippen LogP contribution is -2.00. The Morgan fingerprint density at radius 3 is 2.60 bits per heavy atom. The molecule has 7 heteroatoms. The SMILES string of the molecule is Nc1cccc(-c2nnnn2-c2ccc(Br)cc2)c1Cl. The maximum atomic E-state index is 6.23. The quantitative estimate of drug-likeness (QED) is 0.720. The normalized spacial score (nSPS) is 10.7. The molecule has 3 rings (SSSR count). The van der Waals surface area contributed by atoms with Crippen LogP contribution < -0.4 is 5.73 Å². The molecule has 0 aliphatic heterocycles. The number of halogens is 2. The molecule has 20 heavy (non-hydrogen) atoms. The molecule has 3 aromatic rings. The summed E-state index contributed by atoms with van der Waals surface area (Å²) >= 11 is 9.62. The largest absolute Gasteiger partial charge is 0.398 e. The van der Waals surface area contributed by atoms with Crippen LogP contribution in [0.4, 0.5) is 5.69 Å². The molecule has 5 nitrogen and oxygen atoms in total. The molecule has 2 N–H and O–H groups in total. The minimum absolute atomic E-state index is 0.445. The number of hydrogen-bond donors (Lipinski definition) is 1. The van der Waals surface area contributed by atoms with E-state index in [0.717, 1.165) is 10.2 Å². The molecular formula is C13H9BrClN5. The van der Waals surface area contributed by atoms with Gasteiger partial charge in [0.05, 0.1) is 16.4 Å². The van der Waals surface area contributed by atoms with Crippen LogP contribution in [0.2, 0.25) is 5.02 Å². The van der Waals surface area contributed by atoms with Gasteiger partial charge in [0.25, 0.3) is 0 Å². The first-order chi connectivity index (χ1) is 9.66. The van der Waals surface area contributed by atoms with E-state index in [1.54, 1.807) is 10.7 Å². The summed E-state index contributed by atoms with van der Waals surface area (Å²) in [6, 6.07) is 13.0. The zero-order valence-electron chi connectivity index (χ0n) is 10.2. The zero-order valence-corrected chi connectivity index (χ0v) is 12.5. The Kier molecular flexibility index (Phi) is 3.42. The van der Waals surface area contributed by atoms with Gasteiger partial charge in [-0.1, -0.05) is 33.6 Å². The molecule has 0 atom stereocenters. The summed E-state index contributed by atoms with van der Waals surface area (Å²) in [5.41, 5.74) is 7.85. The second kappa shape index (κ2) is 5.22. The fourth-order valence-electron chi connectivity index (χ4n) is 1.83. The van der Waals surface area contributed by atoms with E-state index in [0.29, 0.717) is 22.1 Å². The van der Waals surface area contributed by atoms with E-state index in [4.69, 9.17) is 17.3 Å². The van der Waals surface area contributed by atoms with Gasteiger partial charge in [-0.05, 0) is 46.8 Å². The summed E-state index contributed by atoms with van der Waals surface area (Å²) < 4.78 is 2.60. The van der Waals surface area contributed by atoms with E-state index in [1.165, 1.54) is 0 Å². The number of aromatic nitrogens is 4. The van der Waals surface area contributed by atoms with Crippen molar-refractivity contribution in [1.29, 1.82) is 0 Å². The van der Waals surface area contributed by atoms with Crippen LogP contribution in [0.15, 0.2) is 46.9 Å². The lowest BCUT2D eigenvalue weighted by Gasteiger charge is -2.07. The second-order valence-electron chi connectivity index (χ2n) is 4.10. The minimum atomic E-state index is 0.445. The Balaban J connectivity index is 2.15. The molecule has 100 valence electrons. The number of rotatable bonds is 2. The Morgan fingerprint density at radius 2 is 1.85 bits per heavy atom. The molecule has 0 aliphatic carbocycles. The predicted octanol–water partition coefficient (Wildman–Crippen LogP) is 3.33. The summed E-state index contributed by atoms with van der Waals surface area (Å²) in [5.74, 6) is 0.546. The molecule has 0 unspecified atom stereocenters. The maximum absolute atomic E-state index is 6.23. The van der Waals surface area contributed by atoms with E-state index in [1.807, 2.05) is 36.4 Å². The van der Waals surface area contributed by atoms with Gasteiger partial charge < -0.3 is 5.73 Å². The third-order valence-electron chi connectivity index (χ3n) is 2.81. The van der Waals surface area contributed by atoms with Crippen LogP contribution in [0.5, 0.6) is 0 Å². The van der Waals surface area contributed by atoms with Crippen LogP contribution in [0.1, 0.15) is 0 Å². The molecule has 1 aromatic heterocycles. The molecule has 0 aliphatic rings. The number of anilines is 1. The van der Waals surface area contributed by atoms with Crippen LogP contribution in [-0.2, 0) is 0 Å². The van der Waals surface area contributed by atoms with Crippen molar-refractivity contribution in [3.8, 4) is 17.1 Å². The molecule has 0 saturated carbocycles. The first-order valence-corrected chi connectivity index (χ1v) is 6.92. The number of tetrazole rings is 1. The highest BCUT2D eigenvalue weighted by molar-refractivity contribution is 9.10. The van der Waals surface area contributed by atoms with Gasteiger partial charge in [-0.25, -0.2) is 0 Å². The summed E-state index contributed by atoms with van der Waals surface area (Å²) in [6.45, 7) is 0. The van der Waals surface area contributed by atoms with Crippen molar-refractivity contribution in [2.24, 2.45) is 0 Å². The van der Waals surface area contributed by atoms with Gasteiger partial charge in [0.1, 0.15) is 0 Å². The van der Waals surface area contributed by atoms with Gasteiger partial charge >= 0.3 is 0 Å². The van der Waals surface area contributed by atoms with Crippen LogP contribution in [0, 0.1) is 0 Å². The van der Waals surface area contributed by atoms with Crippen LogP contribution >= 0.6 is 27.5 Å². The Bertz CT molecular complexity index is 754. The number of nitrogens with zero attached hydrogens (tertiary/aromatic N) is 4. The average Bonchev–Trinajstić information content (AvgIpc) is 2.92. The highest BCUT2D eigenvalue weighted by Gasteiger charge is 2.15. The molecule has 0 fully saturated rings. The standard InChI is InChI=1S/C13H9BrClN5/c14-8-4-6-9(7-5-8)20-13(17-18-19-20)10-2-1-3-11(16)12(10)15/h1-7H,16H2. The van der Waals surface area contributed by atoms with Crippen molar-refractivity contribution in [1.82, 2.24) is 20.2 Å². The van der Waals surface area contributed by atoms with Crippen LogP contribution in [0.25, 0.3) is 17.1 Å². The molecule has 0 saturated heterocycles. The van der Waals surface area contributed by atoms with Gasteiger partial charge in [-0.3, -0.25) is 0 Å². The molecule has 0 bridgehead atoms. The topological polar surface area (TPSA) is 69.6 Å². The molecule has 0 spiro atoms. The number of hydrogen-bond acceptors (Lipinski definition) is 4. The van der Waals surface area contributed by atoms with Crippen molar-refractivity contribution < 1.29 is 0 Å². The zero-order chi connectivity index (χ0) is 14.1. The van der Waals surface area contributed by atoms with Crippen molar-refractivity contribution in [2.75, 3.05) is 5.73 Å². The van der Waals surface area contributed by atoms with Gasteiger partial charge in [0, 0.05) is 10.0 Å². The maximum Gasteiger partial charge on any atom is 0.188 e. The third kappa shape index (κ3) is 2.28. The first-order valence-electron chi connectivity index (χ1n) is 5.75. The van der Waals surface area contributed by atoms with E-state index in [-0.39, 0.29) is 0 Å². The van der Waals surface area contributed by atoms with E-state index >= 15 is 0 Å². The fraction of sp³-hybridized carbons (Fsp3) is 0. The predicted molar refractivity (Wildman–Crippen MR) is 81.7 cm³/mol. The van der Waals surface area contributed by atoms with Crippen molar-refractivity contribution >= 4 is 33.2 Å². The van der Waals surface area contributed by atoms with Gasteiger partial charge in [0.15, 0.2) is 5.82 Å². The number of nitrogen functional groups attached to an aromatic ring is 1. The number of nitrogens with two attached hydrogens (primary N) is 1. The smallest absolute Gasteiger partial charge is 0.188 e. The Morgan fingerprint density at radius 1 is 1.10 bits per heavy atom. The van der Waals surface area contributed by atoms with E-state index < -0.39 is 0 Å². The first kappa shape index (κ1) is 13.1. The summed E-state index contributed by atoms with van der Waals surface area (Å²) in [6.07, 6.45) is 0. The highest BCUT2D eigenvalue weighted by Crippen LogP contribution is 2.31. The van der Waals surface area contributed by atoms with Crippen molar-refractivity contribution in [3.05, 3.63) is 52.0 Å². The van der Waals surface area contributed by atoms with Crippen molar-refractivity contribution in [2.45, 2.75) is 0 Å². The van der Waals surface area contributed by atoms with E-state index in [9.17, 15) is 0 Å². The average molecular weight is 351 g/mol. The molecule has 1 heterocycles.